The molecule has 2 aliphatic heterocycles. The van der Waals surface area contributed by atoms with Crippen molar-refractivity contribution in [1.82, 2.24) is 8.61 Å². The molecule has 10 heteroatoms. The molecule has 2 heterocycles. The van der Waals surface area contributed by atoms with E-state index < -0.39 is 5.97 Å². The second kappa shape index (κ2) is 7.21. The Labute approximate surface area is 139 Å². The smallest absolute Gasteiger partial charge is 0.353 e. The van der Waals surface area contributed by atoms with Crippen LogP contribution in [0.5, 0.6) is 0 Å². The van der Waals surface area contributed by atoms with Gasteiger partial charge in [0, 0.05) is 23.2 Å². The zero-order valence-corrected chi connectivity index (χ0v) is 14.7. The molecule has 0 aromatic heterocycles. The lowest BCUT2D eigenvalue weighted by atomic mass is 10.1. The van der Waals surface area contributed by atoms with Gasteiger partial charge >= 0.3 is 11.2 Å². The van der Waals surface area contributed by atoms with Crippen molar-refractivity contribution in [3.05, 3.63) is 10.6 Å². The Hall–Kier alpha value is -0.450. The first-order valence-electron chi connectivity index (χ1n) is 5.99. The maximum Gasteiger partial charge on any atom is 0.353 e. The van der Waals surface area contributed by atoms with Crippen molar-refractivity contribution in [1.29, 1.82) is 0 Å². The predicted octanol–water partition coefficient (Wildman–Crippen LogP) is 2.69. The van der Waals surface area contributed by atoms with Gasteiger partial charge in [0.05, 0.1) is 11.8 Å². The molecule has 116 valence electrons. The molecule has 0 bridgehead atoms. The first kappa shape index (κ1) is 16.9. The third kappa shape index (κ3) is 3.49. The maximum atomic E-state index is 11.8. The van der Waals surface area contributed by atoms with Crippen molar-refractivity contribution in [2.24, 2.45) is 0 Å². The Balaban J connectivity index is 1.93. The van der Waals surface area contributed by atoms with Gasteiger partial charge in [-0.1, -0.05) is 11.8 Å². The topological polar surface area (TPSA) is 77.9 Å². The second-order valence-corrected chi connectivity index (χ2v) is 8.11. The van der Waals surface area contributed by atoms with Crippen LogP contribution in [0, 0.1) is 0 Å². The number of aliphatic carboxylic acids is 1. The fourth-order valence-electron chi connectivity index (χ4n) is 2.01. The fraction of sp³-hybridized carbons (Fsp3) is 0.545. The molecule has 0 radical (unpaired) electrons. The number of amides is 2. The van der Waals surface area contributed by atoms with Gasteiger partial charge in [-0.3, -0.25) is 14.5 Å². The molecule has 1 unspecified atom stereocenters. The summed E-state index contributed by atoms with van der Waals surface area (Å²) >= 11 is 5.26. The van der Waals surface area contributed by atoms with E-state index in [1.54, 1.807) is 3.71 Å². The molecule has 0 aliphatic carbocycles. The summed E-state index contributed by atoms with van der Waals surface area (Å²) in [6.07, 6.45) is 4.52. The summed E-state index contributed by atoms with van der Waals surface area (Å²) in [6.45, 7) is 0. The summed E-state index contributed by atoms with van der Waals surface area (Å²) in [5, 5.41) is 9.12. The van der Waals surface area contributed by atoms with E-state index in [0.717, 1.165) is 11.8 Å². The summed E-state index contributed by atoms with van der Waals surface area (Å²) in [7, 11) is 0. The molecule has 1 atom stereocenters. The first-order valence-corrected chi connectivity index (χ1v) is 10.2. The quantitative estimate of drug-likeness (QED) is 0.568. The maximum absolute atomic E-state index is 11.8. The molecule has 1 saturated heterocycles. The lowest BCUT2D eigenvalue weighted by Crippen LogP contribution is -2.48. The van der Waals surface area contributed by atoms with Crippen molar-refractivity contribution in [2.75, 3.05) is 18.3 Å². The minimum absolute atomic E-state index is 0.0603. The van der Waals surface area contributed by atoms with Crippen molar-refractivity contribution in [3.63, 3.8) is 0 Å². The number of carboxylic acids is 1. The minimum Gasteiger partial charge on any atom is -0.477 e. The van der Waals surface area contributed by atoms with Crippen LogP contribution in [0.15, 0.2) is 10.6 Å². The molecule has 6 nitrogen and oxygen atoms in total. The number of fused-ring (bicyclic) bond motifs is 1. The van der Waals surface area contributed by atoms with Gasteiger partial charge < -0.3 is 5.11 Å². The first-order chi connectivity index (χ1) is 9.99. The Kier molecular flexibility index (Phi) is 5.81. The highest BCUT2D eigenvalue weighted by Gasteiger charge is 2.48. The SMILES string of the molecule is CSN(SC)C(=O)SCCC1=C(C(=O)O)N2C(=O)CC2S1. The summed E-state index contributed by atoms with van der Waals surface area (Å²) in [5.41, 5.74) is 0.0980. The van der Waals surface area contributed by atoms with Gasteiger partial charge in [-0.25, -0.2) is 8.51 Å². The molecular formula is C11H14N2O4S4. The predicted molar refractivity (Wildman–Crippen MR) is 88.8 cm³/mol. The van der Waals surface area contributed by atoms with Crippen LogP contribution in [0.1, 0.15) is 12.8 Å². The van der Waals surface area contributed by atoms with Gasteiger partial charge in [-0.2, -0.15) is 0 Å². The molecular weight excluding hydrogens is 352 g/mol. The van der Waals surface area contributed by atoms with E-state index in [0.29, 0.717) is 23.5 Å². The number of carbonyl (C=O) groups is 3. The van der Waals surface area contributed by atoms with Gasteiger partial charge in [0.15, 0.2) is 0 Å². The van der Waals surface area contributed by atoms with Gasteiger partial charge in [0.2, 0.25) is 5.91 Å². The number of nitrogens with zero attached hydrogens (tertiary/aromatic N) is 2. The summed E-state index contributed by atoms with van der Waals surface area (Å²) < 4.78 is 1.57. The molecule has 0 spiro atoms. The van der Waals surface area contributed by atoms with Crippen LogP contribution in [0.2, 0.25) is 0 Å². The van der Waals surface area contributed by atoms with Crippen LogP contribution in [-0.4, -0.2) is 54.5 Å². The second-order valence-electron chi connectivity index (χ2n) is 4.10. The molecule has 0 saturated carbocycles. The van der Waals surface area contributed by atoms with Crippen molar-refractivity contribution >= 4 is 64.5 Å². The number of hydrogen-bond donors (Lipinski definition) is 1. The van der Waals surface area contributed by atoms with E-state index in [1.807, 2.05) is 12.5 Å². The van der Waals surface area contributed by atoms with E-state index in [1.165, 1.54) is 40.6 Å². The molecule has 21 heavy (non-hydrogen) atoms. The fourth-order valence-corrected chi connectivity index (χ4v) is 5.78. The third-order valence-corrected chi connectivity index (χ3v) is 7.22. The van der Waals surface area contributed by atoms with Crippen LogP contribution in [0.3, 0.4) is 0 Å². The number of carboxylic acid groups (broad SMARTS) is 1. The zero-order valence-electron chi connectivity index (χ0n) is 11.4. The molecule has 0 aromatic rings. The summed E-state index contributed by atoms with van der Waals surface area (Å²) in [5.74, 6) is -0.705. The monoisotopic (exact) mass is 366 g/mol. The van der Waals surface area contributed by atoms with Crippen LogP contribution in [-0.2, 0) is 9.59 Å². The number of β-lactam (4-membered cyclic amide) rings is 1. The average molecular weight is 367 g/mol. The van der Waals surface area contributed by atoms with Gasteiger partial charge in [-0.15, -0.1) is 11.8 Å². The van der Waals surface area contributed by atoms with Crippen molar-refractivity contribution < 1.29 is 19.5 Å². The van der Waals surface area contributed by atoms with E-state index in [-0.39, 0.29) is 22.2 Å². The van der Waals surface area contributed by atoms with Gasteiger partial charge in [0.1, 0.15) is 5.70 Å². The van der Waals surface area contributed by atoms with Gasteiger partial charge in [-0.05, 0) is 30.3 Å². The molecule has 2 rings (SSSR count). The average Bonchev–Trinajstić information content (AvgIpc) is 2.73. The Morgan fingerprint density at radius 1 is 1.43 bits per heavy atom. The van der Waals surface area contributed by atoms with E-state index in [4.69, 9.17) is 0 Å². The number of allylic oxidation sites excluding steroid dienone is 1. The standard InChI is InChI=1S/C11H14N2O4S4/c1-18-13(19-2)11(17)20-4-3-6-9(10(15)16)12-7(14)5-8(12)21-6/h8H,3-5H2,1-2H3,(H,15,16). The largest absolute Gasteiger partial charge is 0.477 e. The minimum atomic E-state index is -1.07. The molecule has 1 fully saturated rings. The summed E-state index contributed by atoms with van der Waals surface area (Å²) in [6, 6.07) is 0. The normalized spacial score (nSPS) is 20.4. The lowest BCUT2D eigenvalue weighted by Gasteiger charge is -2.33. The Morgan fingerprint density at radius 2 is 2.10 bits per heavy atom. The molecule has 2 amide bonds. The third-order valence-electron chi connectivity index (χ3n) is 2.93. The summed E-state index contributed by atoms with van der Waals surface area (Å²) in [4.78, 5) is 36.6. The number of hydrogen-bond acceptors (Lipinski definition) is 7. The van der Waals surface area contributed by atoms with Gasteiger partial charge in [0.25, 0.3) is 0 Å². The highest BCUT2D eigenvalue weighted by Crippen LogP contribution is 2.47. The highest BCUT2D eigenvalue weighted by atomic mass is 32.2. The Bertz CT molecular complexity index is 506. The molecule has 2 aliphatic rings. The number of carbonyl (C=O) groups excluding carboxylic acids is 2. The lowest BCUT2D eigenvalue weighted by molar-refractivity contribution is -0.145. The van der Waals surface area contributed by atoms with Crippen LogP contribution >= 0.6 is 47.4 Å². The number of thioether (sulfide) groups is 2. The zero-order chi connectivity index (χ0) is 15.6. The molecule has 1 N–H and O–H groups in total. The van der Waals surface area contributed by atoms with Crippen LogP contribution < -0.4 is 0 Å². The van der Waals surface area contributed by atoms with E-state index in [9.17, 15) is 19.5 Å². The Morgan fingerprint density at radius 3 is 2.62 bits per heavy atom. The molecule has 0 aromatic carbocycles. The van der Waals surface area contributed by atoms with E-state index >= 15 is 0 Å². The number of rotatable bonds is 6. The van der Waals surface area contributed by atoms with Crippen LogP contribution in [0.25, 0.3) is 0 Å². The van der Waals surface area contributed by atoms with Crippen LogP contribution in [0.4, 0.5) is 4.79 Å². The highest BCUT2D eigenvalue weighted by molar-refractivity contribution is 8.19. The van der Waals surface area contributed by atoms with Crippen molar-refractivity contribution in [3.8, 4) is 0 Å². The van der Waals surface area contributed by atoms with Crippen molar-refractivity contribution in [2.45, 2.75) is 18.2 Å². The van der Waals surface area contributed by atoms with E-state index in [2.05, 4.69) is 0 Å².